The Morgan fingerprint density at radius 3 is 2.69 bits per heavy atom. The lowest BCUT2D eigenvalue weighted by Gasteiger charge is -2.26. The number of carbonyl (C=O) groups excluding carboxylic acids is 1. The highest BCUT2D eigenvalue weighted by molar-refractivity contribution is 5.93. The molecule has 2 aliphatic rings. The fourth-order valence-electron chi connectivity index (χ4n) is 3.70. The summed E-state index contributed by atoms with van der Waals surface area (Å²) >= 11 is 0. The number of primary amides is 1. The van der Waals surface area contributed by atoms with Gasteiger partial charge in [-0.25, -0.2) is 0 Å². The molecule has 1 unspecified atom stereocenters. The largest absolute Gasteiger partial charge is 0.366 e. The average Bonchev–Trinajstić information content (AvgIpc) is 2.86. The van der Waals surface area contributed by atoms with Crippen LogP contribution in [0.5, 0.6) is 0 Å². The molecule has 26 heavy (non-hydrogen) atoms. The third-order valence-corrected chi connectivity index (χ3v) is 5.22. The second kappa shape index (κ2) is 8.31. The van der Waals surface area contributed by atoms with Crippen LogP contribution >= 0.6 is 0 Å². The molecule has 136 valence electrons. The zero-order valence-corrected chi connectivity index (χ0v) is 15.3. The summed E-state index contributed by atoms with van der Waals surface area (Å²) in [4.78, 5) is 16.1. The average molecular weight is 350 g/mol. The summed E-state index contributed by atoms with van der Waals surface area (Å²) in [5.41, 5.74) is 8.41. The zero-order valence-electron chi connectivity index (χ0n) is 15.3. The molecule has 5 heteroatoms. The first-order chi connectivity index (χ1) is 12.6. The van der Waals surface area contributed by atoms with Gasteiger partial charge in [-0.05, 0) is 62.2 Å². The SMILES string of the molecule is CN1CCCN(CC2C=C(C#N)C(c3ccc(C(N)=O)cc3)=CC2)CC1. The molecule has 1 aliphatic heterocycles. The van der Waals surface area contributed by atoms with Crippen molar-refractivity contribution in [3.05, 3.63) is 53.1 Å². The number of benzene rings is 1. The van der Waals surface area contributed by atoms with Crippen molar-refractivity contribution in [2.75, 3.05) is 39.8 Å². The summed E-state index contributed by atoms with van der Waals surface area (Å²) < 4.78 is 0. The van der Waals surface area contributed by atoms with Crippen LogP contribution < -0.4 is 5.73 Å². The molecule has 2 N–H and O–H groups in total. The van der Waals surface area contributed by atoms with Crippen molar-refractivity contribution in [3.8, 4) is 6.07 Å². The van der Waals surface area contributed by atoms with E-state index in [1.165, 1.54) is 6.42 Å². The quantitative estimate of drug-likeness (QED) is 0.904. The Morgan fingerprint density at radius 2 is 2.00 bits per heavy atom. The second-order valence-corrected chi connectivity index (χ2v) is 7.20. The minimum Gasteiger partial charge on any atom is -0.366 e. The van der Waals surface area contributed by atoms with Crippen molar-refractivity contribution in [3.63, 3.8) is 0 Å². The number of hydrogen-bond acceptors (Lipinski definition) is 4. The van der Waals surface area contributed by atoms with Gasteiger partial charge < -0.3 is 15.5 Å². The molecule has 1 aliphatic carbocycles. The number of nitriles is 1. The maximum atomic E-state index is 11.2. The van der Waals surface area contributed by atoms with Crippen molar-refractivity contribution in [2.45, 2.75) is 12.8 Å². The number of nitrogens with two attached hydrogens (primary N) is 1. The highest BCUT2D eigenvalue weighted by Gasteiger charge is 2.20. The molecular weight excluding hydrogens is 324 g/mol. The lowest BCUT2D eigenvalue weighted by molar-refractivity contribution is 0.100. The van der Waals surface area contributed by atoms with Gasteiger partial charge in [-0.1, -0.05) is 24.3 Å². The van der Waals surface area contributed by atoms with Crippen molar-refractivity contribution in [2.24, 2.45) is 11.7 Å². The first kappa shape index (κ1) is 18.4. The smallest absolute Gasteiger partial charge is 0.248 e. The molecule has 0 bridgehead atoms. The fraction of sp³-hybridized carbons (Fsp3) is 0.429. The molecule has 0 radical (unpaired) electrons. The second-order valence-electron chi connectivity index (χ2n) is 7.20. The lowest BCUT2D eigenvalue weighted by Crippen LogP contribution is -2.33. The van der Waals surface area contributed by atoms with Crippen LogP contribution in [-0.4, -0.2) is 55.5 Å². The molecule has 1 fully saturated rings. The minimum atomic E-state index is -0.437. The Labute approximate surface area is 155 Å². The van der Waals surface area contributed by atoms with E-state index in [0.717, 1.165) is 55.9 Å². The van der Waals surface area contributed by atoms with E-state index >= 15 is 0 Å². The van der Waals surface area contributed by atoms with Crippen LogP contribution in [0.1, 0.15) is 28.8 Å². The highest BCUT2D eigenvalue weighted by Crippen LogP contribution is 2.31. The van der Waals surface area contributed by atoms with E-state index in [9.17, 15) is 10.1 Å². The van der Waals surface area contributed by atoms with Crippen LogP contribution in [0, 0.1) is 17.2 Å². The zero-order chi connectivity index (χ0) is 18.5. The number of nitrogens with zero attached hydrogens (tertiary/aromatic N) is 3. The third-order valence-electron chi connectivity index (χ3n) is 5.22. The van der Waals surface area contributed by atoms with Crippen LogP contribution in [0.15, 0.2) is 42.0 Å². The number of likely N-dealkylation sites (N-methyl/N-ethyl adjacent to an activating group) is 1. The standard InChI is InChI=1S/C21H26N4O/c1-24-9-2-10-25(12-11-24)15-16-3-8-20(19(13-16)14-22)17-4-6-18(7-5-17)21(23)26/h4-8,13,16H,2-3,9-12,15H2,1H3,(H2,23,26). The van der Waals surface area contributed by atoms with E-state index in [0.29, 0.717) is 11.5 Å². The van der Waals surface area contributed by atoms with Gasteiger partial charge in [-0.15, -0.1) is 0 Å². The normalized spacial score (nSPS) is 22.1. The molecule has 0 spiro atoms. The molecule has 1 atom stereocenters. The van der Waals surface area contributed by atoms with Crippen LogP contribution in [0.25, 0.3) is 5.57 Å². The van der Waals surface area contributed by atoms with E-state index in [1.807, 2.05) is 12.1 Å². The van der Waals surface area contributed by atoms with E-state index in [4.69, 9.17) is 5.73 Å². The van der Waals surface area contributed by atoms with E-state index in [-0.39, 0.29) is 0 Å². The van der Waals surface area contributed by atoms with Gasteiger partial charge in [0.2, 0.25) is 5.91 Å². The maximum absolute atomic E-state index is 11.2. The lowest BCUT2D eigenvalue weighted by atomic mass is 9.87. The van der Waals surface area contributed by atoms with Gasteiger partial charge in [0.1, 0.15) is 0 Å². The topological polar surface area (TPSA) is 73.4 Å². The van der Waals surface area contributed by atoms with Crippen molar-refractivity contribution >= 4 is 11.5 Å². The first-order valence-corrected chi connectivity index (χ1v) is 9.20. The fourth-order valence-corrected chi connectivity index (χ4v) is 3.70. The summed E-state index contributed by atoms with van der Waals surface area (Å²) in [5, 5.41) is 9.62. The number of carbonyl (C=O) groups is 1. The highest BCUT2D eigenvalue weighted by atomic mass is 16.1. The first-order valence-electron chi connectivity index (χ1n) is 9.20. The van der Waals surface area contributed by atoms with Crippen molar-refractivity contribution in [1.29, 1.82) is 5.26 Å². The van der Waals surface area contributed by atoms with Gasteiger partial charge in [-0.3, -0.25) is 4.79 Å². The Hall–Kier alpha value is -2.42. The number of allylic oxidation sites excluding steroid dienone is 3. The molecule has 0 aromatic heterocycles. The maximum Gasteiger partial charge on any atom is 0.248 e. The predicted molar refractivity (Wildman–Crippen MR) is 103 cm³/mol. The van der Waals surface area contributed by atoms with Gasteiger partial charge in [0.25, 0.3) is 0 Å². The van der Waals surface area contributed by atoms with Crippen LogP contribution in [0.4, 0.5) is 0 Å². The summed E-state index contributed by atoms with van der Waals surface area (Å²) in [6.45, 7) is 5.49. The summed E-state index contributed by atoms with van der Waals surface area (Å²) in [6.07, 6.45) is 6.41. The minimum absolute atomic E-state index is 0.377. The molecule has 1 amide bonds. The molecule has 3 rings (SSSR count). The van der Waals surface area contributed by atoms with E-state index in [1.54, 1.807) is 12.1 Å². The Balaban J connectivity index is 1.69. The Bertz CT molecular complexity index is 757. The molecule has 0 saturated carbocycles. The van der Waals surface area contributed by atoms with Gasteiger partial charge in [-0.2, -0.15) is 5.26 Å². The van der Waals surface area contributed by atoms with Crippen LogP contribution in [0.2, 0.25) is 0 Å². The van der Waals surface area contributed by atoms with E-state index in [2.05, 4.69) is 35.1 Å². The monoisotopic (exact) mass is 350 g/mol. The Morgan fingerprint density at radius 1 is 1.23 bits per heavy atom. The number of rotatable bonds is 4. The number of amides is 1. The van der Waals surface area contributed by atoms with Gasteiger partial charge in [0.15, 0.2) is 0 Å². The van der Waals surface area contributed by atoms with Crippen molar-refractivity contribution < 1.29 is 4.79 Å². The van der Waals surface area contributed by atoms with Gasteiger partial charge in [0.05, 0.1) is 11.6 Å². The molecule has 5 nitrogen and oxygen atoms in total. The summed E-state index contributed by atoms with van der Waals surface area (Å²) in [5.74, 6) is -0.0601. The van der Waals surface area contributed by atoms with Crippen LogP contribution in [-0.2, 0) is 0 Å². The predicted octanol–water partition coefficient (Wildman–Crippen LogP) is 2.28. The molecule has 1 saturated heterocycles. The summed E-state index contributed by atoms with van der Waals surface area (Å²) in [7, 11) is 2.18. The van der Waals surface area contributed by atoms with Crippen LogP contribution in [0.3, 0.4) is 0 Å². The summed E-state index contributed by atoms with van der Waals surface area (Å²) in [6, 6.07) is 9.51. The van der Waals surface area contributed by atoms with Crippen molar-refractivity contribution in [1.82, 2.24) is 9.80 Å². The third kappa shape index (κ3) is 4.40. The van der Waals surface area contributed by atoms with E-state index < -0.39 is 5.91 Å². The molecule has 1 aromatic rings. The molecule has 1 heterocycles. The van der Waals surface area contributed by atoms with Gasteiger partial charge in [0, 0.05) is 25.2 Å². The molecule has 1 aromatic carbocycles. The Kier molecular flexibility index (Phi) is 5.87. The van der Waals surface area contributed by atoms with Gasteiger partial charge >= 0.3 is 0 Å². The number of hydrogen-bond donors (Lipinski definition) is 1. The molecular formula is C21H26N4O.